The summed E-state index contributed by atoms with van der Waals surface area (Å²) in [5.41, 5.74) is 0. The molecule has 1 atom stereocenters. The van der Waals surface area contributed by atoms with Crippen molar-refractivity contribution in [2.24, 2.45) is 0 Å². The van der Waals surface area contributed by atoms with E-state index in [1.54, 1.807) is 18.2 Å². The van der Waals surface area contributed by atoms with Gasteiger partial charge in [0.15, 0.2) is 6.29 Å². The van der Waals surface area contributed by atoms with Crippen LogP contribution in [0.5, 0.6) is 0 Å². The number of ether oxygens (including phenoxy) is 2. The van der Waals surface area contributed by atoms with Crippen molar-refractivity contribution in [2.45, 2.75) is 6.29 Å². The number of benzene rings is 1. The quantitative estimate of drug-likeness (QED) is 0.602. The van der Waals surface area contributed by atoms with Crippen LogP contribution in [0.1, 0.15) is 0 Å². The van der Waals surface area contributed by atoms with Crippen LogP contribution < -0.4 is 5.30 Å². The Balaban J connectivity index is 2.62. The minimum Gasteiger partial charge on any atom is -0.354 e. The predicted octanol–water partition coefficient (Wildman–Crippen LogP) is 1.13. The fourth-order valence-electron chi connectivity index (χ4n) is 1.09. The van der Waals surface area contributed by atoms with Crippen LogP contribution in [0.4, 0.5) is 0 Å². The molecular formula is C10H15O5P. The van der Waals surface area contributed by atoms with Crippen molar-refractivity contribution in [1.82, 2.24) is 0 Å². The Bertz CT molecular complexity index is 349. The maximum atomic E-state index is 11.8. The average Bonchev–Trinajstić information content (AvgIpc) is 2.31. The van der Waals surface area contributed by atoms with Gasteiger partial charge in [-0.2, -0.15) is 0 Å². The first-order valence-corrected chi connectivity index (χ1v) is 6.26. The minimum absolute atomic E-state index is 0.102. The van der Waals surface area contributed by atoms with Crippen molar-refractivity contribution >= 4 is 12.9 Å². The molecule has 1 unspecified atom stereocenters. The highest BCUT2D eigenvalue weighted by atomic mass is 31.2. The lowest BCUT2D eigenvalue weighted by atomic mass is 10.4. The molecule has 0 aliphatic heterocycles. The van der Waals surface area contributed by atoms with Crippen molar-refractivity contribution < 1.29 is 23.5 Å². The molecule has 1 rings (SSSR count). The van der Waals surface area contributed by atoms with Gasteiger partial charge in [-0.15, -0.1) is 0 Å². The highest BCUT2D eigenvalue weighted by molar-refractivity contribution is 7.61. The van der Waals surface area contributed by atoms with Crippen LogP contribution in [-0.4, -0.2) is 32.0 Å². The van der Waals surface area contributed by atoms with E-state index in [1.807, 2.05) is 0 Å². The third kappa shape index (κ3) is 3.70. The molecule has 0 radical (unpaired) electrons. The largest absolute Gasteiger partial charge is 0.358 e. The summed E-state index contributed by atoms with van der Waals surface area (Å²) >= 11 is 0. The topological polar surface area (TPSA) is 65.0 Å². The average molecular weight is 246 g/mol. The summed E-state index contributed by atoms with van der Waals surface area (Å²) in [7, 11) is -0.919. The molecule has 0 fully saturated rings. The lowest BCUT2D eigenvalue weighted by Gasteiger charge is -2.16. The van der Waals surface area contributed by atoms with E-state index < -0.39 is 13.9 Å². The lowest BCUT2D eigenvalue weighted by molar-refractivity contribution is -0.122. The monoisotopic (exact) mass is 246 g/mol. The second-order valence-corrected chi connectivity index (χ2v) is 4.87. The second-order valence-electron chi connectivity index (χ2n) is 3.05. The molecule has 1 aromatic rings. The molecule has 0 aromatic heterocycles. The predicted molar refractivity (Wildman–Crippen MR) is 59.7 cm³/mol. The van der Waals surface area contributed by atoms with Crippen LogP contribution in [0.3, 0.4) is 0 Å². The first-order valence-electron chi connectivity index (χ1n) is 4.68. The van der Waals surface area contributed by atoms with Gasteiger partial charge in [0.25, 0.3) is 0 Å². The molecular weight excluding hydrogens is 231 g/mol. The van der Waals surface area contributed by atoms with Gasteiger partial charge in [0, 0.05) is 14.2 Å². The van der Waals surface area contributed by atoms with Gasteiger partial charge in [-0.25, -0.2) is 0 Å². The van der Waals surface area contributed by atoms with Crippen molar-refractivity contribution in [2.75, 3.05) is 20.8 Å². The van der Waals surface area contributed by atoms with E-state index >= 15 is 0 Å². The smallest absolute Gasteiger partial charge is 0.354 e. The number of rotatable bonds is 6. The van der Waals surface area contributed by atoms with Gasteiger partial charge >= 0.3 is 7.60 Å². The van der Waals surface area contributed by atoms with Gasteiger partial charge in [0.1, 0.15) is 6.61 Å². The fourth-order valence-corrected chi connectivity index (χ4v) is 2.11. The molecule has 0 amide bonds. The lowest BCUT2D eigenvalue weighted by Crippen LogP contribution is -2.21. The zero-order valence-electron chi connectivity index (χ0n) is 9.20. The molecule has 0 saturated heterocycles. The Morgan fingerprint density at radius 3 is 2.31 bits per heavy atom. The minimum atomic E-state index is -3.79. The summed E-state index contributed by atoms with van der Waals surface area (Å²) in [5.74, 6) is 0. The molecule has 0 spiro atoms. The Hall–Kier alpha value is -0.710. The van der Waals surface area contributed by atoms with Gasteiger partial charge in [0.05, 0.1) is 5.30 Å². The third-order valence-electron chi connectivity index (χ3n) is 1.99. The Morgan fingerprint density at radius 1 is 1.25 bits per heavy atom. The summed E-state index contributed by atoms with van der Waals surface area (Å²) in [4.78, 5) is 9.65. The van der Waals surface area contributed by atoms with E-state index in [9.17, 15) is 9.46 Å². The van der Waals surface area contributed by atoms with Crippen molar-refractivity contribution in [1.29, 1.82) is 0 Å². The van der Waals surface area contributed by atoms with Crippen LogP contribution in [0.2, 0.25) is 0 Å². The highest BCUT2D eigenvalue weighted by Crippen LogP contribution is 2.40. The number of hydrogen-bond donors (Lipinski definition) is 1. The van der Waals surface area contributed by atoms with Crippen LogP contribution in [0.15, 0.2) is 30.3 Å². The second kappa shape index (κ2) is 6.13. The molecule has 0 bridgehead atoms. The van der Waals surface area contributed by atoms with E-state index in [-0.39, 0.29) is 11.9 Å². The fraction of sp³-hybridized carbons (Fsp3) is 0.400. The normalized spacial score (nSPS) is 15.0. The van der Waals surface area contributed by atoms with Crippen LogP contribution in [-0.2, 0) is 18.6 Å². The van der Waals surface area contributed by atoms with Gasteiger partial charge in [-0.05, 0) is 12.1 Å². The molecule has 0 aliphatic rings. The van der Waals surface area contributed by atoms with E-state index in [0.29, 0.717) is 0 Å². The van der Waals surface area contributed by atoms with E-state index in [4.69, 9.17) is 14.0 Å². The summed E-state index contributed by atoms with van der Waals surface area (Å²) in [5, 5.41) is 0.251. The van der Waals surface area contributed by atoms with Gasteiger partial charge in [-0.1, -0.05) is 18.2 Å². The molecule has 5 nitrogen and oxygen atoms in total. The molecule has 1 aromatic carbocycles. The molecule has 1 N–H and O–H groups in total. The van der Waals surface area contributed by atoms with Gasteiger partial charge in [-0.3, -0.25) is 9.09 Å². The number of hydrogen-bond acceptors (Lipinski definition) is 4. The molecule has 90 valence electrons. The van der Waals surface area contributed by atoms with Gasteiger partial charge in [0.2, 0.25) is 0 Å². The molecule has 6 heteroatoms. The van der Waals surface area contributed by atoms with Crippen LogP contribution in [0, 0.1) is 0 Å². The van der Waals surface area contributed by atoms with E-state index in [2.05, 4.69) is 0 Å². The van der Waals surface area contributed by atoms with Crippen molar-refractivity contribution in [3.63, 3.8) is 0 Å². The third-order valence-corrected chi connectivity index (χ3v) is 3.44. The zero-order valence-corrected chi connectivity index (χ0v) is 10.1. The summed E-state index contributed by atoms with van der Waals surface area (Å²) in [6.45, 7) is -0.102. The van der Waals surface area contributed by atoms with E-state index in [0.717, 1.165) is 0 Å². The zero-order chi connectivity index (χ0) is 12.0. The summed E-state index contributed by atoms with van der Waals surface area (Å²) in [6.07, 6.45) is -0.649. The van der Waals surface area contributed by atoms with Gasteiger partial charge < -0.3 is 14.4 Å². The standard InChI is InChI=1S/C10H15O5P/c1-13-10(14-2)8-15-16(11,12)9-6-4-3-5-7-9/h3-7,10H,8H2,1-2H3,(H,11,12). The summed E-state index contributed by atoms with van der Waals surface area (Å²) in [6, 6.07) is 8.18. The number of methoxy groups -OCH3 is 2. The molecule has 0 heterocycles. The molecule has 0 aliphatic carbocycles. The Morgan fingerprint density at radius 2 is 1.81 bits per heavy atom. The Kier molecular flexibility index (Phi) is 5.12. The highest BCUT2D eigenvalue weighted by Gasteiger charge is 2.23. The SMILES string of the molecule is COC(COP(=O)(O)c1ccccc1)OC. The Labute approximate surface area is 94.5 Å². The van der Waals surface area contributed by atoms with Crippen LogP contribution in [0.25, 0.3) is 0 Å². The molecule has 0 saturated carbocycles. The van der Waals surface area contributed by atoms with Crippen molar-refractivity contribution in [3.8, 4) is 0 Å². The molecule has 16 heavy (non-hydrogen) atoms. The van der Waals surface area contributed by atoms with E-state index in [1.165, 1.54) is 26.4 Å². The maximum Gasteiger partial charge on any atom is 0.358 e. The van der Waals surface area contributed by atoms with Crippen LogP contribution >= 0.6 is 7.60 Å². The summed E-state index contributed by atoms with van der Waals surface area (Å²) < 4.78 is 26.4. The first-order chi connectivity index (χ1) is 7.60. The van der Waals surface area contributed by atoms with Crippen molar-refractivity contribution in [3.05, 3.63) is 30.3 Å². The maximum absolute atomic E-state index is 11.8. The first kappa shape index (κ1) is 13.4.